The molecule has 1 saturated heterocycles. The lowest BCUT2D eigenvalue weighted by molar-refractivity contribution is 0.173. The zero-order valence-electron chi connectivity index (χ0n) is 10.6. The molecule has 6 N–H and O–H groups in total. The van der Waals surface area contributed by atoms with Gasteiger partial charge in [0.2, 0.25) is 0 Å². The largest absolute Gasteiger partial charge is 0.412 e. The summed E-state index contributed by atoms with van der Waals surface area (Å²) in [5, 5.41) is 7.28. The van der Waals surface area contributed by atoms with Crippen molar-refractivity contribution in [3.05, 3.63) is 0 Å². The average molecular weight is 232 g/mol. The lowest BCUT2D eigenvalue weighted by atomic mass is 9.81. The summed E-state index contributed by atoms with van der Waals surface area (Å²) in [6.45, 7) is 7.09. The minimum Gasteiger partial charge on any atom is -0.412 e. The second-order valence-electron chi connectivity index (χ2n) is 5.42. The fourth-order valence-electron chi connectivity index (χ4n) is 2.75. The third-order valence-corrected chi connectivity index (χ3v) is 3.90. The van der Waals surface area contributed by atoms with Crippen LogP contribution >= 0.6 is 0 Å². The van der Waals surface area contributed by atoms with Gasteiger partial charge in [-0.2, -0.15) is 0 Å². The molecule has 0 radical (unpaired) electrons. The summed E-state index contributed by atoms with van der Waals surface area (Å²) in [6.07, 6.45) is 6.30. The van der Waals surface area contributed by atoms with Crippen LogP contribution in [0.1, 0.15) is 39.5 Å². The molecule has 1 saturated carbocycles. The van der Waals surface area contributed by atoms with Crippen molar-refractivity contribution in [2.45, 2.75) is 45.7 Å². The third-order valence-electron chi connectivity index (χ3n) is 3.90. The molecule has 98 valence electrons. The van der Waals surface area contributed by atoms with E-state index >= 15 is 0 Å². The van der Waals surface area contributed by atoms with Crippen LogP contribution < -0.4 is 10.6 Å². The molecular formula is C12H28N2O2. The van der Waals surface area contributed by atoms with Gasteiger partial charge in [-0.05, 0) is 30.6 Å². The Hall–Kier alpha value is -0.160. The van der Waals surface area contributed by atoms with E-state index in [4.69, 9.17) is 0 Å². The van der Waals surface area contributed by atoms with Gasteiger partial charge in [-0.1, -0.05) is 26.7 Å². The van der Waals surface area contributed by atoms with E-state index in [1.165, 1.54) is 38.8 Å². The van der Waals surface area contributed by atoms with Crippen LogP contribution in [-0.2, 0) is 0 Å². The molecule has 2 rings (SSSR count). The first-order chi connectivity index (χ1) is 6.75. The number of hydrogen-bond acceptors (Lipinski definition) is 2. The lowest BCUT2D eigenvalue weighted by Crippen LogP contribution is -2.56. The maximum absolute atomic E-state index is 3.64. The first-order valence-electron chi connectivity index (χ1n) is 6.22. The fourth-order valence-corrected chi connectivity index (χ4v) is 2.75. The van der Waals surface area contributed by atoms with Crippen molar-refractivity contribution >= 4 is 0 Å². The van der Waals surface area contributed by atoms with Gasteiger partial charge in [0.25, 0.3) is 0 Å². The van der Waals surface area contributed by atoms with Crippen LogP contribution in [-0.4, -0.2) is 30.2 Å². The Labute approximate surface area is 98.8 Å². The van der Waals surface area contributed by atoms with Gasteiger partial charge in [-0.25, -0.2) is 0 Å². The molecule has 2 aliphatic rings. The van der Waals surface area contributed by atoms with Gasteiger partial charge in [-0.3, -0.25) is 0 Å². The molecule has 4 heteroatoms. The highest BCUT2D eigenvalue weighted by molar-refractivity contribution is 4.83. The highest BCUT2D eigenvalue weighted by Crippen LogP contribution is 2.30. The highest BCUT2D eigenvalue weighted by Gasteiger charge is 2.27. The smallest absolute Gasteiger partial charge is 0.0600 e. The minimum absolute atomic E-state index is 0. The summed E-state index contributed by atoms with van der Waals surface area (Å²) in [6, 6.07) is 0. The van der Waals surface area contributed by atoms with Crippen LogP contribution in [0, 0.1) is 17.8 Å². The van der Waals surface area contributed by atoms with E-state index < -0.39 is 0 Å². The molecular weight excluding hydrogens is 204 g/mol. The van der Waals surface area contributed by atoms with E-state index in [2.05, 4.69) is 24.5 Å². The van der Waals surface area contributed by atoms with Gasteiger partial charge in [0.1, 0.15) is 0 Å². The molecule has 1 heterocycles. The van der Waals surface area contributed by atoms with Crippen LogP contribution in [0.5, 0.6) is 0 Å². The summed E-state index contributed by atoms with van der Waals surface area (Å²) in [4.78, 5) is 0. The van der Waals surface area contributed by atoms with Crippen molar-refractivity contribution in [1.82, 2.24) is 10.6 Å². The Kier molecular flexibility index (Phi) is 7.15. The van der Waals surface area contributed by atoms with Crippen molar-refractivity contribution in [2.75, 3.05) is 13.1 Å². The van der Waals surface area contributed by atoms with Crippen molar-refractivity contribution < 1.29 is 11.0 Å². The lowest BCUT2D eigenvalue weighted by Gasteiger charge is -2.38. The van der Waals surface area contributed by atoms with Crippen molar-refractivity contribution in [3.8, 4) is 0 Å². The first-order valence-corrected chi connectivity index (χ1v) is 6.22. The van der Waals surface area contributed by atoms with E-state index in [9.17, 15) is 0 Å². The second-order valence-corrected chi connectivity index (χ2v) is 5.42. The zero-order valence-corrected chi connectivity index (χ0v) is 10.6. The van der Waals surface area contributed by atoms with Crippen molar-refractivity contribution in [1.29, 1.82) is 0 Å². The van der Waals surface area contributed by atoms with Gasteiger partial charge in [0, 0.05) is 13.1 Å². The summed E-state index contributed by atoms with van der Waals surface area (Å²) < 4.78 is 0. The summed E-state index contributed by atoms with van der Waals surface area (Å²) >= 11 is 0. The van der Waals surface area contributed by atoms with Crippen LogP contribution in [0.2, 0.25) is 0 Å². The van der Waals surface area contributed by atoms with Crippen LogP contribution in [0.15, 0.2) is 0 Å². The molecule has 0 aromatic rings. The Morgan fingerprint density at radius 1 is 0.750 bits per heavy atom. The monoisotopic (exact) mass is 232 g/mol. The third kappa shape index (κ3) is 4.01. The molecule has 0 spiro atoms. The number of hydrogen-bond donors (Lipinski definition) is 2. The maximum Gasteiger partial charge on any atom is 0.0600 e. The highest BCUT2D eigenvalue weighted by atomic mass is 16.0. The second kappa shape index (κ2) is 7.22. The van der Waals surface area contributed by atoms with Gasteiger partial charge in [0.15, 0.2) is 0 Å². The van der Waals surface area contributed by atoms with Gasteiger partial charge >= 0.3 is 0 Å². The number of rotatable bonds is 1. The van der Waals surface area contributed by atoms with Crippen LogP contribution in [0.3, 0.4) is 0 Å². The predicted molar refractivity (Wildman–Crippen MR) is 67.3 cm³/mol. The molecule has 4 nitrogen and oxygen atoms in total. The van der Waals surface area contributed by atoms with E-state index in [0.717, 1.165) is 17.8 Å². The summed E-state index contributed by atoms with van der Waals surface area (Å²) in [5.74, 6) is 2.65. The average Bonchev–Trinajstić information content (AvgIpc) is 2.21. The maximum atomic E-state index is 3.64. The zero-order chi connectivity index (χ0) is 9.97. The van der Waals surface area contributed by atoms with E-state index in [-0.39, 0.29) is 11.0 Å². The standard InChI is InChI=1S/C12H24N2.2H2O/c1-9-3-5-11(6-4-9)12-13-7-10(2)8-14-12;;/h9-14H,3-8H2,1-2H3;2*1H2. The Morgan fingerprint density at radius 3 is 1.75 bits per heavy atom. The van der Waals surface area contributed by atoms with Gasteiger partial charge < -0.3 is 21.6 Å². The molecule has 0 unspecified atom stereocenters. The molecule has 1 aliphatic heterocycles. The molecule has 0 atom stereocenters. The van der Waals surface area contributed by atoms with E-state index in [1.54, 1.807) is 0 Å². The van der Waals surface area contributed by atoms with Gasteiger partial charge in [-0.15, -0.1) is 0 Å². The molecule has 0 amide bonds. The van der Waals surface area contributed by atoms with Crippen LogP contribution in [0.4, 0.5) is 0 Å². The molecule has 1 aliphatic carbocycles. The molecule has 16 heavy (non-hydrogen) atoms. The SMILES string of the molecule is CC1CCC(C2NCC(C)CN2)CC1.O.O. The van der Waals surface area contributed by atoms with E-state index in [1.807, 2.05) is 0 Å². The summed E-state index contributed by atoms with van der Waals surface area (Å²) in [5.41, 5.74) is 0. The molecule has 2 fully saturated rings. The number of nitrogens with one attached hydrogen (secondary N) is 2. The van der Waals surface area contributed by atoms with Gasteiger partial charge in [0.05, 0.1) is 6.17 Å². The topological polar surface area (TPSA) is 87.1 Å². The minimum atomic E-state index is 0. The Balaban J connectivity index is 0.00000112. The Morgan fingerprint density at radius 2 is 1.25 bits per heavy atom. The fraction of sp³-hybridized carbons (Fsp3) is 1.00. The first kappa shape index (κ1) is 15.8. The van der Waals surface area contributed by atoms with Crippen LogP contribution in [0.25, 0.3) is 0 Å². The Bertz CT molecular complexity index is 154. The molecule has 0 aromatic carbocycles. The predicted octanol–water partition coefficient (Wildman–Crippen LogP) is 0.318. The quantitative estimate of drug-likeness (QED) is 0.682. The van der Waals surface area contributed by atoms with E-state index in [0.29, 0.717) is 6.17 Å². The molecule has 0 bridgehead atoms. The normalized spacial score (nSPS) is 39.4. The summed E-state index contributed by atoms with van der Waals surface area (Å²) in [7, 11) is 0. The molecule has 0 aromatic heterocycles. The van der Waals surface area contributed by atoms with Crippen molar-refractivity contribution in [2.24, 2.45) is 17.8 Å². The van der Waals surface area contributed by atoms with Crippen molar-refractivity contribution in [3.63, 3.8) is 0 Å².